The first-order chi connectivity index (χ1) is 6.86. The molecule has 1 heterocycles. The van der Waals surface area contributed by atoms with E-state index < -0.39 is 0 Å². The predicted octanol–water partition coefficient (Wildman–Crippen LogP) is 1.30. The van der Waals surface area contributed by atoms with Crippen LogP contribution in [0.25, 0.3) is 0 Å². The molecule has 0 aliphatic carbocycles. The average Bonchev–Trinajstić information content (AvgIpc) is 2.72. The highest BCUT2D eigenvalue weighted by molar-refractivity contribution is 5.81. The SMILES string of the molecule is C[C@H](NC1=NCCN1)c1ccccc1. The third-order valence-electron chi connectivity index (χ3n) is 2.33. The fourth-order valence-corrected chi connectivity index (χ4v) is 1.52. The van der Waals surface area contributed by atoms with Crippen LogP contribution in [0.3, 0.4) is 0 Å². The van der Waals surface area contributed by atoms with Crippen molar-refractivity contribution < 1.29 is 0 Å². The standard InChI is InChI=1S/C11H15N3/c1-9(10-5-3-2-4-6-10)14-11-12-7-8-13-11/h2-6,9H,7-8H2,1H3,(H2,12,13,14)/t9-/m0/s1. The average molecular weight is 189 g/mol. The number of hydrogen-bond acceptors (Lipinski definition) is 3. The van der Waals surface area contributed by atoms with Gasteiger partial charge in [-0.3, -0.25) is 4.99 Å². The Morgan fingerprint density at radius 1 is 1.36 bits per heavy atom. The molecule has 2 rings (SSSR count). The summed E-state index contributed by atoms with van der Waals surface area (Å²) in [4.78, 5) is 4.30. The Morgan fingerprint density at radius 3 is 2.79 bits per heavy atom. The smallest absolute Gasteiger partial charge is 0.191 e. The van der Waals surface area contributed by atoms with E-state index in [-0.39, 0.29) is 0 Å². The molecule has 1 aliphatic rings. The van der Waals surface area contributed by atoms with Crippen LogP contribution in [0.2, 0.25) is 0 Å². The molecule has 3 nitrogen and oxygen atoms in total. The third-order valence-corrected chi connectivity index (χ3v) is 2.33. The molecule has 0 amide bonds. The minimum Gasteiger partial charge on any atom is -0.355 e. The van der Waals surface area contributed by atoms with Gasteiger partial charge in [-0.1, -0.05) is 30.3 Å². The van der Waals surface area contributed by atoms with Crippen LogP contribution in [0.1, 0.15) is 18.5 Å². The lowest BCUT2D eigenvalue weighted by molar-refractivity contribution is 0.702. The van der Waals surface area contributed by atoms with Crippen LogP contribution in [0.5, 0.6) is 0 Å². The summed E-state index contributed by atoms with van der Waals surface area (Å²) < 4.78 is 0. The van der Waals surface area contributed by atoms with E-state index in [4.69, 9.17) is 0 Å². The topological polar surface area (TPSA) is 36.4 Å². The highest BCUT2D eigenvalue weighted by Gasteiger charge is 2.09. The van der Waals surface area contributed by atoms with Gasteiger partial charge in [0.2, 0.25) is 0 Å². The lowest BCUT2D eigenvalue weighted by Crippen LogP contribution is -2.35. The van der Waals surface area contributed by atoms with Crippen molar-refractivity contribution in [3.05, 3.63) is 35.9 Å². The van der Waals surface area contributed by atoms with E-state index in [0.29, 0.717) is 6.04 Å². The third kappa shape index (κ3) is 2.05. The van der Waals surface area contributed by atoms with Gasteiger partial charge in [0.05, 0.1) is 12.6 Å². The number of hydrogen-bond donors (Lipinski definition) is 2. The van der Waals surface area contributed by atoms with Crippen LogP contribution in [0.15, 0.2) is 35.3 Å². The van der Waals surface area contributed by atoms with Gasteiger partial charge in [-0.05, 0) is 12.5 Å². The van der Waals surface area contributed by atoms with Crippen LogP contribution in [0.4, 0.5) is 0 Å². The monoisotopic (exact) mass is 189 g/mol. The lowest BCUT2D eigenvalue weighted by Gasteiger charge is -2.15. The van der Waals surface area contributed by atoms with Crippen molar-refractivity contribution in [3.63, 3.8) is 0 Å². The molecular formula is C11H15N3. The van der Waals surface area contributed by atoms with Gasteiger partial charge >= 0.3 is 0 Å². The minimum atomic E-state index is 0.306. The van der Waals surface area contributed by atoms with Gasteiger partial charge in [0.15, 0.2) is 5.96 Å². The number of benzene rings is 1. The molecule has 0 saturated heterocycles. The second-order valence-corrected chi connectivity index (χ2v) is 3.43. The number of nitrogens with zero attached hydrogens (tertiary/aromatic N) is 1. The van der Waals surface area contributed by atoms with Gasteiger partial charge in [0.1, 0.15) is 0 Å². The Hall–Kier alpha value is -1.51. The van der Waals surface area contributed by atoms with Crippen LogP contribution in [-0.2, 0) is 0 Å². The van der Waals surface area contributed by atoms with Crippen molar-refractivity contribution in [2.45, 2.75) is 13.0 Å². The first kappa shape index (κ1) is 9.06. The van der Waals surface area contributed by atoms with E-state index in [1.165, 1.54) is 5.56 Å². The molecule has 14 heavy (non-hydrogen) atoms. The molecule has 1 aromatic rings. The van der Waals surface area contributed by atoms with Crippen molar-refractivity contribution in [1.29, 1.82) is 0 Å². The van der Waals surface area contributed by atoms with E-state index >= 15 is 0 Å². The Labute approximate surface area is 84.2 Å². The summed E-state index contributed by atoms with van der Waals surface area (Å²) in [5, 5.41) is 6.53. The summed E-state index contributed by atoms with van der Waals surface area (Å²) in [5.41, 5.74) is 1.28. The first-order valence-corrected chi connectivity index (χ1v) is 4.96. The van der Waals surface area contributed by atoms with Gasteiger partial charge in [0.25, 0.3) is 0 Å². The zero-order chi connectivity index (χ0) is 9.80. The van der Waals surface area contributed by atoms with Crippen LogP contribution >= 0.6 is 0 Å². The van der Waals surface area contributed by atoms with Crippen molar-refractivity contribution in [3.8, 4) is 0 Å². The molecule has 1 aromatic carbocycles. The van der Waals surface area contributed by atoms with Gasteiger partial charge < -0.3 is 10.6 Å². The molecule has 0 spiro atoms. The van der Waals surface area contributed by atoms with Gasteiger partial charge in [-0.25, -0.2) is 0 Å². The van der Waals surface area contributed by atoms with Crippen LogP contribution in [-0.4, -0.2) is 19.0 Å². The second-order valence-electron chi connectivity index (χ2n) is 3.43. The lowest BCUT2D eigenvalue weighted by atomic mass is 10.1. The summed E-state index contributed by atoms with van der Waals surface area (Å²) in [6, 6.07) is 10.7. The molecule has 1 aliphatic heterocycles. The Morgan fingerprint density at radius 2 is 2.14 bits per heavy atom. The molecule has 1 atom stereocenters. The van der Waals surface area contributed by atoms with Gasteiger partial charge in [-0.15, -0.1) is 0 Å². The van der Waals surface area contributed by atoms with E-state index in [1.807, 2.05) is 6.07 Å². The van der Waals surface area contributed by atoms with Crippen LogP contribution in [0, 0.1) is 0 Å². The normalized spacial score (nSPS) is 17.1. The molecule has 2 N–H and O–H groups in total. The minimum absolute atomic E-state index is 0.306. The molecule has 0 unspecified atom stereocenters. The van der Waals surface area contributed by atoms with Crippen molar-refractivity contribution in [1.82, 2.24) is 10.6 Å². The Bertz CT molecular complexity index is 319. The van der Waals surface area contributed by atoms with Crippen molar-refractivity contribution in [2.75, 3.05) is 13.1 Å². The fourth-order valence-electron chi connectivity index (χ4n) is 1.52. The zero-order valence-electron chi connectivity index (χ0n) is 8.33. The predicted molar refractivity (Wildman–Crippen MR) is 58.3 cm³/mol. The number of rotatable bonds is 2. The van der Waals surface area contributed by atoms with E-state index in [2.05, 4.69) is 46.8 Å². The maximum absolute atomic E-state index is 4.30. The quantitative estimate of drug-likeness (QED) is 0.735. The maximum Gasteiger partial charge on any atom is 0.191 e. The number of nitrogens with one attached hydrogen (secondary N) is 2. The summed E-state index contributed by atoms with van der Waals surface area (Å²) in [6.45, 7) is 3.96. The summed E-state index contributed by atoms with van der Waals surface area (Å²) >= 11 is 0. The molecule has 0 radical (unpaired) electrons. The maximum atomic E-state index is 4.30. The highest BCUT2D eigenvalue weighted by atomic mass is 15.2. The molecule has 0 fully saturated rings. The summed E-state index contributed by atoms with van der Waals surface area (Å²) in [6.07, 6.45) is 0. The molecular weight excluding hydrogens is 174 g/mol. The highest BCUT2D eigenvalue weighted by Crippen LogP contribution is 2.10. The molecule has 3 heteroatoms. The molecule has 74 valence electrons. The summed E-state index contributed by atoms with van der Waals surface area (Å²) in [7, 11) is 0. The zero-order valence-corrected chi connectivity index (χ0v) is 8.33. The van der Waals surface area contributed by atoms with Gasteiger partial charge in [-0.2, -0.15) is 0 Å². The van der Waals surface area contributed by atoms with Crippen molar-refractivity contribution >= 4 is 5.96 Å². The number of guanidine groups is 1. The molecule has 0 saturated carbocycles. The Balaban J connectivity index is 1.99. The van der Waals surface area contributed by atoms with Crippen molar-refractivity contribution in [2.24, 2.45) is 4.99 Å². The van der Waals surface area contributed by atoms with E-state index in [9.17, 15) is 0 Å². The first-order valence-electron chi connectivity index (χ1n) is 4.96. The Kier molecular flexibility index (Phi) is 2.68. The second kappa shape index (κ2) is 4.13. The van der Waals surface area contributed by atoms with E-state index in [0.717, 1.165) is 19.0 Å². The fraction of sp³-hybridized carbons (Fsp3) is 0.364. The summed E-state index contributed by atoms with van der Waals surface area (Å²) in [5.74, 6) is 0.918. The molecule has 0 bridgehead atoms. The van der Waals surface area contributed by atoms with E-state index in [1.54, 1.807) is 0 Å². The number of aliphatic imine (C=N–C) groups is 1. The van der Waals surface area contributed by atoms with Gasteiger partial charge in [0, 0.05) is 6.54 Å². The molecule has 0 aromatic heterocycles. The van der Waals surface area contributed by atoms with Crippen LogP contribution < -0.4 is 10.6 Å². The largest absolute Gasteiger partial charge is 0.355 e.